The molecule has 0 saturated carbocycles. The number of ketones is 2. The van der Waals surface area contributed by atoms with Gasteiger partial charge < -0.3 is 38.4 Å². The summed E-state index contributed by atoms with van der Waals surface area (Å²) in [4.78, 5) is 67.2. The second-order valence-electron chi connectivity index (χ2n) is 16.6. The van der Waals surface area contributed by atoms with Crippen LogP contribution < -0.4 is 4.74 Å². The van der Waals surface area contributed by atoms with Crippen molar-refractivity contribution >= 4 is 23.6 Å². The fourth-order valence-corrected chi connectivity index (χ4v) is 8.43. The van der Waals surface area contributed by atoms with E-state index in [0.717, 1.165) is 17.7 Å². The predicted molar refractivity (Wildman–Crippen MR) is 216 cm³/mol. The van der Waals surface area contributed by atoms with Crippen LogP contribution in [0.1, 0.15) is 100 Å². The maximum atomic E-state index is 14.3. The third kappa shape index (κ3) is 12.3. The number of hydrogen-bond donors (Lipinski definition) is 1. The van der Waals surface area contributed by atoms with Gasteiger partial charge in [0.1, 0.15) is 17.8 Å². The molecule has 4 heterocycles. The van der Waals surface area contributed by atoms with Crippen molar-refractivity contribution in [3.05, 3.63) is 30.9 Å². The monoisotopic (exact) mass is 797 g/mol. The molecule has 2 aromatic heterocycles. The third-order valence-corrected chi connectivity index (χ3v) is 11.9. The van der Waals surface area contributed by atoms with Gasteiger partial charge in [0.05, 0.1) is 30.8 Å². The molecule has 1 amide bonds. The number of aryl methyl sites for hydroxylation is 1. The van der Waals surface area contributed by atoms with Crippen LogP contribution in [0.4, 0.5) is 4.79 Å². The lowest BCUT2D eigenvalue weighted by Crippen LogP contribution is -2.50. The zero-order valence-corrected chi connectivity index (χ0v) is 35.8. The van der Waals surface area contributed by atoms with Crippen molar-refractivity contribution in [1.29, 1.82) is 0 Å². The minimum Gasteiger partial charge on any atom is -0.478 e. The molecule has 2 aliphatic heterocycles. The van der Waals surface area contributed by atoms with E-state index in [2.05, 4.69) is 14.9 Å². The maximum absolute atomic E-state index is 14.3. The molecule has 2 saturated heterocycles. The van der Waals surface area contributed by atoms with E-state index in [1.54, 1.807) is 39.4 Å². The lowest BCUT2D eigenvalue weighted by atomic mass is 9.78. The summed E-state index contributed by atoms with van der Waals surface area (Å²) in [6.45, 7) is 16.1. The molecular formula is C43H67N5O9. The van der Waals surface area contributed by atoms with Gasteiger partial charge in [-0.05, 0) is 79.0 Å². The van der Waals surface area contributed by atoms with Crippen LogP contribution in [-0.4, -0.2) is 117 Å². The molecule has 57 heavy (non-hydrogen) atoms. The van der Waals surface area contributed by atoms with Crippen LogP contribution in [0.5, 0.6) is 5.88 Å². The number of ether oxygens (including phenoxy) is 4. The van der Waals surface area contributed by atoms with Crippen LogP contribution in [0.15, 0.2) is 30.9 Å². The van der Waals surface area contributed by atoms with Crippen LogP contribution in [-0.2, 0) is 35.1 Å². The minimum absolute atomic E-state index is 0.0438. The average molecular weight is 798 g/mol. The largest absolute Gasteiger partial charge is 0.478 e. The van der Waals surface area contributed by atoms with Crippen molar-refractivity contribution in [2.24, 2.45) is 29.6 Å². The van der Waals surface area contributed by atoms with Gasteiger partial charge in [0, 0.05) is 79.8 Å². The lowest BCUT2D eigenvalue weighted by Gasteiger charge is -2.41. The number of rotatable bonds is 13. The lowest BCUT2D eigenvalue weighted by molar-refractivity contribution is -0.236. The fraction of sp³-hybridized carbons (Fsp3) is 0.721. The Labute approximate surface area is 339 Å². The Hall–Kier alpha value is -3.88. The van der Waals surface area contributed by atoms with E-state index in [-0.39, 0.29) is 42.6 Å². The van der Waals surface area contributed by atoms with Crippen molar-refractivity contribution in [2.45, 2.75) is 144 Å². The average Bonchev–Trinajstić information content (AvgIpc) is 3.65. The number of unbranched alkanes of at least 4 members (excludes halogenated alkanes) is 1. The topological polar surface area (TPSA) is 163 Å². The van der Waals surface area contributed by atoms with Gasteiger partial charge in [0.15, 0.2) is 12.1 Å². The van der Waals surface area contributed by atoms with Crippen LogP contribution >= 0.6 is 0 Å². The molecule has 14 heteroatoms. The zero-order valence-electron chi connectivity index (χ0n) is 35.8. The standard InChI is InChI=1S/C43H67N5O9/c1-11-34-22-36(48(43(52)53)18-14-13-17-47-24-35(45-25-47)32-15-16-37(44-23-32)54-12-2)29(6)39(49)26(3)19-27(4)41(30(7)40(50)31(8)42(51)56-34)57-38-21-33(46(9)10)20-28(5)55-38/h15-16,23-31,33-34,36,38,41H,11-14,17-22H2,1-10H3,(H,52,53)/t26-,27+,28-,29-,30+,31-,33+,34-,36+,38+,41+/m1/s1. The van der Waals surface area contributed by atoms with E-state index >= 15 is 0 Å². The number of carbonyl (C=O) groups is 4. The molecule has 11 atom stereocenters. The molecule has 2 aliphatic rings. The normalized spacial score (nSPS) is 30.8. The van der Waals surface area contributed by atoms with E-state index in [9.17, 15) is 24.3 Å². The highest BCUT2D eigenvalue weighted by Gasteiger charge is 2.42. The molecule has 0 unspecified atom stereocenters. The fourth-order valence-electron chi connectivity index (χ4n) is 8.43. The van der Waals surface area contributed by atoms with E-state index in [0.29, 0.717) is 51.1 Å². The number of carbonyl (C=O) groups excluding carboxylic acids is 3. The second-order valence-corrected chi connectivity index (χ2v) is 16.6. The van der Waals surface area contributed by atoms with Crippen LogP contribution in [0.3, 0.4) is 0 Å². The second kappa shape index (κ2) is 21.2. The van der Waals surface area contributed by atoms with E-state index < -0.39 is 60.3 Å². The Morgan fingerprint density at radius 1 is 0.947 bits per heavy atom. The number of esters is 1. The summed E-state index contributed by atoms with van der Waals surface area (Å²) in [5.41, 5.74) is 1.63. The van der Waals surface area contributed by atoms with Gasteiger partial charge in [-0.3, -0.25) is 14.4 Å². The van der Waals surface area contributed by atoms with Gasteiger partial charge in [0.25, 0.3) is 0 Å². The maximum Gasteiger partial charge on any atom is 0.407 e. The van der Waals surface area contributed by atoms with Crippen molar-refractivity contribution in [3.8, 4) is 17.1 Å². The zero-order chi connectivity index (χ0) is 42.0. The highest BCUT2D eigenvalue weighted by Crippen LogP contribution is 2.34. The number of imidazole rings is 1. The summed E-state index contributed by atoms with van der Waals surface area (Å²) in [5, 5.41) is 10.6. The highest BCUT2D eigenvalue weighted by molar-refractivity contribution is 6.00. The summed E-state index contributed by atoms with van der Waals surface area (Å²) in [5.74, 6) is -3.61. The number of amides is 1. The SMILES string of the molecule is CCOc1ccc(-c2cn(CCCCN(C(=O)O)[C@H]3C[C@@H](CC)OC(=O)[C@H](C)C(=O)[C@H](C)[C@@H](O[C@H]4C[C@@H](N(C)C)C[C@@H](C)O4)[C@@H](C)C[C@@H](C)C(=O)[C@@H]3C)cn2)cn1. The number of aromatic nitrogens is 3. The number of hydrogen-bond acceptors (Lipinski definition) is 11. The summed E-state index contributed by atoms with van der Waals surface area (Å²) in [6, 6.07) is 3.20. The first kappa shape index (κ1) is 45.8. The Balaban J connectivity index is 1.52. The Bertz CT molecular complexity index is 1620. The summed E-state index contributed by atoms with van der Waals surface area (Å²) < 4.78 is 26.2. The number of pyridine rings is 1. The molecule has 0 aliphatic carbocycles. The van der Waals surface area contributed by atoms with Gasteiger partial charge in [-0.2, -0.15) is 0 Å². The van der Waals surface area contributed by atoms with Gasteiger partial charge in [-0.15, -0.1) is 0 Å². The molecular weight excluding hydrogens is 730 g/mol. The Kier molecular flexibility index (Phi) is 17.1. The summed E-state index contributed by atoms with van der Waals surface area (Å²) in [6.07, 6.45) is 5.95. The van der Waals surface area contributed by atoms with E-state index in [4.69, 9.17) is 18.9 Å². The Morgan fingerprint density at radius 3 is 2.32 bits per heavy atom. The summed E-state index contributed by atoms with van der Waals surface area (Å²) >= 11 is 0. The van der Waals surface area contributed by atoms with Gasteiger partial charge in [0.2, 0.25) is 5.88 Å². The molecule has 4 rings (SSSR count). The van der Waals surface area contributed by atoms with Crippen molar-refractivity contribution < 1.29 is 43.2 Å². The van der Waals surface area contributed by atoms with Gasteiger partial charge in [-0.1, -0.05) is 34.6 Å². The highest BCUT2D eigenvalue weighted by atomic mass is 16.7. The molecule has 2 aromatic rings. The van der Waals surface area contributed by atoms with Crippen molar-refractivity contribution in [2.75, 3.05) is 27.2 Å². The molecule has 14 nitrogen and oxygen atoms in total. The molecule has 0 spiro atoms. The van der Waals surface area contributed by atoms with Crippen LogP contribution in [0.25, 0.3) is 11.3 Å². The first-order valence-corrected chi connectivity index (χ1v) is 20.9. The van der Waals surface area contributed by atoms with Crippen LogP contribution in [0, 0.1) is 29.6 Å². The third-order valence-electron chi connectivity index (χ3n) is 11.9. The first-order valence-electron chi connectivity index (χ1n) is 20.9. The van der Waals surface area contributed by atoms with Crippen LogP contribution in [0.2, 0.25) is 0 Å². The summed E-state index contributed by atoms with van der Waals surface area (Å²) in [7, 11) is 4.06. The number of nitrogens with zero attached hydrogens (tertiary/aromatic N) is 5. The molecule has 0 aromatic carbocycles. The molecule has 0 bridgehead atoms. The van der Waals surface area contributed by atoms with Gasteiger partial charge >= 0.3 is 12.1 Å². The number of cyclic esters (lactones) is 1. The van der Waals surface area contributed by atoms with Crippen molar-refractivity contribution in [3.63, 3.8) is 0 Å². The Morgan fingerprint density at radius 2 is 1.68 bits per heavy atom. The number of carboxylic acid groups (broad SMARTS) is 1. The van der Waals surface area contributed by atoms with E-state index in [1.807, 2.05) is 65.5 Å². The van der Waals surface area contributed by atoms with E-state index in [1.165, 1.54) is 4.90 Å². The first-order chi connectivity index (χ1) is 27.0. The quantitative estimate of drug-likeness (QED) is 0.129. The molecule has 0 radical (unpaired) electrons. The molecule has 2 fully saturated rings. The smallest absolute Gasteiger partial charge is 0.407 e. The number of Topliss-reactive ketones (excluding diaryl/α,β-unsaturated/α-hetero) is 2. The molecule has 318 valence electrons. The predicted octanol–water partition coefficient (Wildman–Crippen LogP) is 6.75. The minimum atomic E-state index is -1.14. The van der Waals surface area contributed by atoms with Gasteiger partial charge in [-0.25, -0.2) is 14.8 Å². The van der Waals surface area contributed by atoms with Crippen molar-refractivity contribution in [1.82, 2.24) is 24.3 Å². The molecule has 1 N–H and O–H groups in total.